The molecule has 178 valence electrons. The number of hydrogen-bond acceptors (Lipinski definition) is 5. The number of likely N-dealkylation sites (N-methyl/N-ethyl adjacent to an activating group) is 1. The van der Waals surface area contributed by atoms with E-state index in [2.05, 4.69) is 27.3 Å². The van der Waals surface area contributed by atoms with Gasteiger partial charge < -0.3 is 14.8 Å². The monoisotopic (exact) mass is 471 g/mol. The Kier molecular flexibility index (Phi) is 7.88. The lowest BCUT2D eigenvalue weighted by molar-refractivity contribution is -0.121. The van der Waals surface area contributed by atoms with E-state index < -0.39 is 10.0 Å². The smallest absolute Gasteiger partial charge is 0.242 e. The molecule has 0 aliphatic heterocycles. The Bertz CT molecular complexity index is 1200. The summed E-state index contributed by atoms with van der Waals surface area (Å²) in [6.45, 7) is 0.746. The molecule has 9 heteroatoms. The largest absolute Gasteiger partial charge is 0.352 e. The fraction of sp³-hybridized carbons (Fsp3) is 0.417. The minimum atomic E-state index is -3.53. The minimum Gasteiger partial charge on any atom is -0.352 e. The Hall–Kier alpha value is -2.75. The van der Waals surface area contributed by atoms with Crippen LogP contribution in [0.2, 0.25) is 0 Å². The van der Waals surface area contributed by atoms with Crippen LogP contribution in [0.1, 0.15) is 17.8 Å². The summed E-state index contributed by atoms with van der Waals surface area (Å²) in [5.41, 5.74) is 2.62. The van der Waals surface area contributed by atoms with Gasteiger partial charge in [0.05, 0.1) is 15.9 Å². The van der Waals surface area contributed by atoms with E-state index in [1.54, 1.807) is 18.2 Å². The number of aryl methyl sites for hydroxylation is 2. The molecule has 3 rings (SSSR count). The molecule has 1 heterocycles. The van der Waals surface area contributed by atoms with Gasteiger partial charge in [0.2, 0.25) is 15.9 Å². The van der Waals surface area contributed by atoms with E-state index in [-0.39, 0.29) is 16.8 Å². The molecule has 0 saturated carbocycles. The van der Waals surface area contributed by atoms with Crippen molar-refractivity contribution in [2.45, 2.75) is 30.2 Å². The molecule has 0 aliphatic rings. The maximum absolute atomic E-state index is 12.7. The Labute approximate surface area is 196 Å². The molecular weight excluding hydrogens is 438 g/mol. The third-order valence-electron chi connectivity index (χ3n) is 5.57. The van der Waals surface area contributed by atoms with Crippen molar-refractivity contribution in [3.05, 3.63) is 59.9 Å². The van der Waals surface area contributed by atoms with Gasteiger partial charge in [0.25, 0.3) is 0 Å². The Morgan fingerprint density at radius 1 is 1.09 bits per heavy atom. The highest BCUT2D eigenvalue weighted by Crippen LogP contribution is 2.22. The van der Waals surface area contributed by atoms with Crippen LogP contribution in [0.4, 0.5) is 0 Å². The van der Waals surface area contributed by atoms with Gasteiger partial charge in [-0.05, 0) is 44.3 Å². The molecule has 0 spiro atoms. The lowest BCUT2D eigenvalue weighted by Crippen LogP contribution is -2.43. The molecule has 1 atom stereocenters. The zero-order valence-electron chi connectivity index (χ0n) is 19.9. The first-order chi connectivity index (χ1) is 15.6. The summed E-state index contributed by atoms with van der Waals surface area (Å²) in [5, 5.41) is 3.16. The van der Waals surface area contributed by atoms with Crippen LogP contribution in [0.5, 0.6) is 0 Å². The fourth-order valence-corrected chi connectivity index (χ4v) is 4.77. The third-order valence-corrected chi connectivity index (χ3v) is 7.39. The number of rotatable bonds is 10. The number of aromatic nitrogens is 2. The van der Waals surface area contributed by atoms with Crippen molar-refractivity contribution in [1.29, 1.82) is 0 Å². The summed E-state index contributed by atoms with van der Waals surface area (Å²) in [4.78, 5) is 19.6. The van der Waals surface area contributed by atoms with Gasteiger partial charge in [0, 0.05) is 46.6 Å². The topological polar surface area (TPSA) is 87.5 Å². The summed E-state index contributed by atoms with van der Waals surface area (Å²) in [5.74, 6) is 0.715. The van der Waals surface area contributed by atoms with Gasteiger partial charge in [-0.1, -0.05) is 30.3 Å². The summed E-state index contributed by atoms with van der Waals surface area (Å²) in [6, 6.07) is 15.1. The van der Waals surface area contributed by atoms with Crippen LogP contribution in [0, 0.1) is 0 Å². The number of carbonyl (C=O) groups excluding carboxylic acids is 1. The lowest BCUT2D eigenvalue weighted by Gasteiger charge is -2.22. The molecule has 0 aliphatic carbocycles. The molecule has 33 heavy (non-hydrogen) atoms. The van der Waals surface area contributed by atoms with Crippen LogP contribution in [0.25, 0.3) is 11.0 Å². The molecule has 8 nitrogen and oxygen atoms in total. The maximum Gasteiger partial charge on any atom is 0.242 e. The first-order valence-electron chi connectivity index (χ1n) is 10.9. The van der Waals surface area contributed by atoms with Gasteiger partial charge in [-0.25, -0.2) is 17.7 Å². The molecule has 1 amide bonds. The molecule has 3 aromatic rings. The van der Waals surface area contributed by atoms with Crippen LogP contribution < -0.4 is 5.32 Å². The van der Waals surface area contributed by atoms with Gasteiger partial charge in [0.15, 0.2) is 0 Å². The maximum atomic E-state index is 12.7. The second kappa shape index (κ2) is 10.5. The number of carbonyl (C=O) groups is 1. The number of nitrogens with one attached hydrogen (secondary N) is 1. The zero-order valence-corrected chi connectivity index (χ0v) is 20.8. The quantitative estimate of drug-likeness (QED) is 0.489. The van der Waals surface area contributed by atoms with Crippen molar-refractivity contribution in [3.8, 4) is 0 Å². The summed E-state index contributed by atoms with van der Waals surface area (Å²) >= 11 is 0. The average Bonchev–Trinajstić information content (AvgIpc) is 3.07. The first-order valence-corrected chi connectivity index (χ1v) is 12.4. The van der Waals surface area contributed by atoms with Crippen molar-refractivity contribution in [3.63, 3.8) is 0 Å². The van der Waals surface area contributed by atoms with E-state index in [0.717, 1.165) is 24.3 Å². The number of benzene rings is 2. The van der Waals surface area contributed by atoms with E-state index in [9.17, 15) is 13.2 Å². The predicted molar refractivity (Wildman–Crippen MR) is 131 cm³/mol. The molecule has 0 radical (unpaired) electrons. The molecule has 1 aromatic heterocycles. The molecular formula is C24H33N5O3S. The van der Waals surface area contributed by atoms with Gasteiger partial charge in [-0.2, -0.15) is 0 Å². The number of sulfonamides is 1. The first kappa shape index (κ1) is 24.9. The number of amides is 1. The van der Waals surface area contributed by atoms with Crippen molar-refractivity contribution in [2.75, 3.05) is 34.7 Å². The van der Waals surface area contributed by atoms with Crippen LogP contribution in [0.15, 0.2) is 53.4 Å². The van der Waals surface area contributed by atoms with Gasteiger partial charge in [0.1, 0.15) is 5.82 Å². The van der Waals surface area contributed by atoms with Crippen molar-refractivity contribution in [2.24, 2.45) is 7.05 Å². The molecule has 0 saturated heterocycles. The van der Waals surface area contributed by atoms with Crippen molar-refractivity contribution < 1.29 is 13.2 Å². The van der Waals surface area contributed by atoms with Crippen molar-refractivity contribution >= 4 is 27.0 Å². The number of nitrogens with zero attached hydrogens (tertiary/aromatic N) is 4. The van der Waals surface area contributed by atoms with Crippen molar-refractivity contribution in [1.82, 2.24) is 24.1 Å². The zero-order chi connectivity index (χ0) is 24.2. The molecule has 2 aromatic carbocycles. The summed E-state index contributed by atoms with van der Waals surface area (Å²) in [6.07, 6.45) is 1.53. The molecule has 1 unspecified atom stereocenters. The summed E-state index contributed by atoms with van der Waals surface area (Å²) < 4.78 is 27.9. The van der Waals surface area contributed by atoms with Gasteiger partial charge in [-0.3, -0.25) is 4.79 Å². The minimum absolute atomic E-state index is 0.00846. The highest BCUT2D eigenvalue weighted by Gasteiger charge is 2.20. The second-order valence-corrected chi connectivity index (χ2v) is 10.9. The number of imidazole rings is 1. The summed E-state index contributed by atoms with van der Waals surface area (Å²) in [7, 11) is 5.35. The predicted octanol–water partition coefficient (Wildman–Crippen LogP) is 2.05. The molecule has 0 bridgehead atoms. The Morgan fingerprint density at radius 2 is 1.79 bits per heavy atom. The molecule has 1 N–H and O–H groups in total. The Balaban J connectivity index is 1.69. The van der Waals surface area contributed by atoms with E-state index in [4.69, 9.17) is 0 Å². The van der Waals surface area contributed by atoms with Crippen LogP contribution in [0.3, 0.4) is 0 Å². The highest BCUT2D eigenvalue weighted by atomic mass is 32.2. The van der Waals surface area contributed by atoms with Crippen LogP contribution in [-0.4, -0.2) is 73.9 Å². The normalized spacial score (nSPS) is 13.1. The van der Waals surface area contributed by atoms with E-state index in [0.29, 0.717) is 18.4 Å². The standard InChI is InChI=1S/C24H33N5O3S/c1-27(2)17-19(15-18-9-7-6-8-10-18)25-24(30)14-13-23-26-21-16-20(33(31,32)28(3)4)11-12-22(21)29(23)5/h6-12,16,19H,13-15,17H2,1-5H3,(H,25,30). The van der Waals surface area contributed by atoms with E-state index in [1.165, 1.54) is 24.0 Å². The SMILES string of the molecule is CN(C)CC(Cc1ccccc1)NC(=O)CCc1nc2cc(S(=O)(=O)N(C)C)ccc2n1C. The van der Waals surface area contributed by atoms with Gasteiger partial charge in [-0.15, -0.1) is 0 Å². The van der Waals surface area contributed by atoms with Gasteiger partial charge >= 0.3 is 0 Å². The van der Waals surface area contributed by atoms with E-state index in [1.807, 2.05) is 43.9 Å². The van der Waals surface area contributed by atoms with E-state index >= 15 is 0 Å². The third kappa shape index (κ3) is 6.19. The molecule has 0 fully saturated rings. The fourth-order valence-electron chi connectivity index (χ4n) is 3.85. The van der Waals surface area contributed by atoms with Crippen LogP contribution in [-0.2, 0) is 34.7 Å². The lowest BCUT2D eigenvalue weighted by atomic mass is 10.1. The number of hydrogen-bond donors (Lipinski definition) is 1. The highest BCUT2D eigenvalue weighted by molar-refractivity contribution is 7.89. The number of fused-ring (bicyclic) bond motifs is 1. The Morgan fingerprint density at radius 3 is 2.42 bits per heavy atom. The second-order valence-electron chi connectivity index (χ2n) is 8.74. The van der Waals surface area contributed by atoms with Crippen LogP contribution >= 0.6 is 0 Å². The average molecular weight is 472 g/mol.